The van der Waals surface area contributed by atoms with Crippen molar-refractivity contribution in [2.75, 3.05) is 5.32 Å². The van der Waals surface area contributed by atoms with E-state index < -0.39 is 11.5 Å². The van der Waals surface area contributed by atoms with E-state index in [9.17, 15) is 9.59 Å². The van der Waals surface area contributed by atoms with Crippen LogP contribution in [0.2, 0.25) is 0 Å². The molecular weight excluding hydrogens is 546 g/mol. The molecule has 0 bridgehead atoms. The minimum absolute atomic E-state index is 0.0768. The Balaban J connectivity index is 1.47. The standard InChI is InChI=1S/C22H11Br2N3O3S/c23-13-7-12-9-15(22(29)30-18(12)16(24)10-13)19(28)26-14-4-1-3-11(8-14)20-27-17-5-2-6-25-21(17)31-20/h1-10H,(H,26,28). The summed E-state index contributed by atoms with van der Waals surface area (Å²) in [6.45, 7) is 0. The Morgan fingerprint density at radius 1 is 1.06 bits per heavy atom. The summed E-state index contributed by atoms with van der Waals surface area (Å²) in [5.74, 6) is -0.546. The summed E-state index contributed by atoms with van der Waals surface area (Å²) in [7, 11) is 0. The van der Waals surface area contributed by atoms with E-state index >= 15 is 0 Å². The Morgan fingerprint density at radius 2 is 1.94 bits per heavy atom. The number of nitrogens with one attached hydrogen (secondary N) is 1. The number of hydrogen-bond donors (Lipinski definition) is 1. The number of rotatable bonds is 3. The lowest BCUT2D eigenvalue weighted by molar-refractivity contribution is 0.102. The Morgan fingerprint density at radius 3 is 2.77 bits per heavy atom. The molecule has 0 unspecified atom stereocenters. The molecule has 0 radical (unpaired) electrons. The van der Waals surface area contributed by atoms with Gasteiger partial charge in [0.2, 0.25) is 0 Å². The lowest BCUT2D eigenvalue weighted by Crippen LogP contribution is -2.20. The molecule has 3 aromatic heterocycles. The van der Waals surface area contributed by atoms with E-state index in [1.807, 2.05) is 30.3 Å². The first-order valence-electron chi connectivity index (χ1n) is 9.04. The van der Waals surface area contributed by atoms with Crippen LogP contribution in [0.5, 0.6) is 0 Å². The van der Waals surface area contributed by atoms with Gasteiger partial charge in [-0.2, -0.15) is 0 Å². The zero-order valence-corrected chi connectivity index (χ0v) is 19.5. The molecule has 0 fully saturated rings. The molecule has 31 heavy (non-hydrogen) atoms. The van der Waals surface area contributed by atoms with Gasteiger partial charge in [0.05, 0.1) is 4.47 Å². The highest BCUT2D eigenvalue weighted by Gasteiger charge is 2.16. The fraction of sp³-hybridized carbons (Fsp3) is 0. The SMILES string of the molecule is O=C(Nc1cccc(-c2nc3cccnc3s2)c1)c1cc2cc(Br)cc(Br)c2oc1=O. The lowest BCUT2D eigenvalue weighted by atomic mass is 10.1. The predicted octanol–water partition coefficient (Wildman–Crippen LogP) is 6.24. The summed E-state index contributed by atoms with van der Waals surface area (Å²) in [5, 5.41) is 4.20. The number of aromatic nitrogens is 2. The van der Waals surface area contributed by atoms with Crippen LogP contribution in [0, 0.1) is 0 Å². The first-order valence-corrected chi connectivity index (χ1v) is 11.4. The Hall–Kier alpha value is -2.88. The molecule has 3 heterocycles. The smallest absolute Gasteiger partial charge is 0.349 e. The minimum Gasteiger partial charge on any atom is -0.421 e. The second-order valence-electron chi connectivity index (χ2n) is 6.64. The van der Waals surface area contributed by atoms with Crippen LogP contribution in [0.1, 0.15) is 10.4 Å². The number of halogens is 2. The second-order valence-corrected chi connectivity index (χ2v) is 9.38. The van der Waals surface area contributed by atoms with Gasteiger partial charge in [-0.15, -0.1) is 0 Å². The summed E-state index contributed by atoms with van der Waals surface area (Å²) >= 11 is 8.24. The molecule has 6 nitrogen and oxygen atoms in total. The van der Waals surface area contributed by atoms with Crippen molar-refractivity contribution in [1.82, 2.24) is 9.97 Å². The van der Waals surface area contributed by atoms with Crippen LogP contribution in [-0.4, -0.2) is 15.9 Å². The monoisotopic (exact) mass is 555 g/mol. The first-order chi connectivity index (χ1) is 15.0. The number of pyridine rings is 1. The molecular formula is C22H11Br2N3O3S. The van der Waals surface area contributed by atoms with Crippen LogP contribution in [0.15, 0.2) is 79.0 Å². The van der Waals surface area contributed by atoms with Crippen LogP contribution < -0.4 is 10.9 Å². The summed E-state index contributed by atoms with van der Waals surface area (Å²) in [6, 6.07) is 16.1. The highest BCUT2D eigenvalue weighted by Crippen LogP contribution is 2.31. The maximum absolute atomic E-state index is 12.8. The zero-order chi connectivity index (χ0) is 21.5. The van der Waals surface area contributed by atoms with Gasteiger partial charge in [-0.1, -0.05) is 39.4 Å². The van der Waals surface area contributed by atoms with E-state index in [1.165, 1.54) is 17.4 Å². The number of carbonyl (C=O) groups is 1. The third-order valence-electron chi connectivity index (χ3n) is 4.53. The summed E-state index contributed by atoms with van der Waals surface area (Å²) in [5.41, 5.74) is 1.82. The van der Waals surface area contributed by atoms with Crippen molar-refractivity contribution in [1.29, 1.82) is 0 Å². The highest BCUT2D eigenvalue weighted by atomic mass is 79.9. The van der Waals surface area contributed by atoms with Crippen molar-refractivity contribution in [2.45, 2.75) is 0 Å². The van der Waals surface area contributed by atoms with Gasteiger partial charge in [-0.25, -0.2) is 14.8 Å². The maximum Gasteiger partial charge on any atom is 0.349 e. The summed E-state index contributed by atoms with van der Waals surface area (Å²) < 4.78 is 6.79. The molecule has 9 heteroatoms. The van der Waals surface area contributed by atoms with E-state index in [1.54, 1.807) is 24.4 Å². The molecule has 152 valence electrons. The van der Waals surface area contributed by atoms with Crippen LogP contribution in [-0.2, 0) is 0 Å². The number of thiazole rings is 1. The molecule has 5 rings (SSSR count). The molecule has 0 saturated heterocycles. The van der Waals surface area contributed by atoms with Gasteiger partial charge in [0, 0.05) is 27.3 Å². The van der Waals surface area contributed by atoms with Crippen molar-refractivity contribution in [3.63, 3.8) is 0 Å². The first kappa shape index (κ1) is 20.0. The molecule has 0 aliphatic carbocycles. The number of hydrogen-bond acceptors (Lipinski definition) is 6. The van der Waals surface area contributed by atoms with Crippen LogP contribution in [0.25, 0.3) is 31.9 Å². The largest absolute Gasteiger partial charge is 0.421 e. The molecule has 5 aromatic rings. The van der Waals surface area contributed by atoms with Gasteiger partial charge in [0.25, 0.3) is 5.91 Å². The Kier molecular flexibility index (Phi) is 5.17. The van der Waals surface area contributed by atoms with Crippen LogP contribution in [0.3, 0.4) is 0 Å². The molecule has 1 N–H and O–H groups in total. The van der Waals surface area contributed by atoms with Gasteiger partial charge >= 0.3 is 5.63 Å². The normalized spacial score (nSPS) is 11.2. The van der Waals surface area contributed by atoms with Gasteiger partial charge in [-0.05, 0) is 58.4 Å². The number of carbonyl (C=O) groups excluding carboxylic acids is 1. The quantitative estimate of drug-likeness (QED) is 0.266. The van der Waals surface area contributed by atoms with Gasteiger partial charge < -0.3 is 9.73 Å². The average Bonchev–Trinajstić information content (AvgIpc) is 3.18. The summed E-state index contributed by atoms with van der Waals surface area (Å²) in [4.78, 5) is 35.0. The zero-order valence-electron chi connectivity index (χ0n) is 15.6. The number of nitrogens with zero attached hydrogens (tertiary/aromatic N) is 2. The third-order valence-corrected chi connectivity index (χ3v) is 6.61. The molecule has 2 aromatic carbocycles. The van der Waals surface area contributed by atoms with Crippen molar-refractivity contribution >= 4 is 76.1 Å². The van der Waals surface area contributed by atoms with Crippen LogP contribution >= 0.6 is 43.2 Å². The number of amides is 1. The molecule has 0 atom stereocenters. The van der Waals surface area contributed by atoms with E-state index in [0.717, 1.165) is 25.4 Å². The van der Waals surface area contributed by atoms with Gasteiger partial charge in [-0.3, -0.25) is 4.79 Å². The highest BCUT2D eigenvalue weighted by molar-refractivity contribution is 9.11. The van der Waals surface area contributed by atoms with E-state index in [0.29, 0.717) is 21.1 Å². The molecule has 0 aliphatic rings. The molecule has 0 saturated carbocycles. The van der Waals surface area contributed by atoms with E-state index in [2.05, 4.69) is 47.1 Å². The average molecular weight is 557 g/mol. The fourth-order valence-corrected chi connectivity index (χ4v) is 5.38. The summed E-state index contributed by atoms with van der Waals surface area (Å²) in [6.07, 6.45) is 1.73. The Bertz CT molecular complexity index is 1510. The number of fused-ring (bicyclic) bond motifs is 2. The second kappa shape index (κ2) is 7.99. The Labute approximate surface area is 196 Å². The van der Waals surface area contributed by atoms with Gasteiger partial charge in [0.1, 0.15) is 20.9 Å². The molecule has 1 amide bonds. The van der Waals surface area contributed by atoms with Gasteiger partial charge in [0.15, 0.2) is 5.58 Å². The topological polar surface area (TPSA) is 85.1 Å². The van der Waals surface area contributed by atoms with E-state index in [-0.39, 0.29) is 5.56 Å². The maximum atomic E-state index is 12.8. The minimum atomic E-state index is -0.707. The molecule has 0 spiro atoms. The van der Waals surface area contributed by atoms with Crippen molar-refractivity contribution in [3.8, 4) is 10.6 Å². The number of benzene rings is 2. The fourth-order valence-electron chi connectivity index (χ4n) is 3.14. The van der Waals surface area contributed by atoms with Crippen molar-refractivity contribution < 1.29 is 9.21 Å². The molecule has 0 aliphatic heterocycles. The van der Waals surface area contributed by atoms with E-state index in [4.69, 9.17) is 4.42 Å². The number of anilines is 1. The van der Waals surface area contributed by atoms with Crippen molar-refractivity contribution in [2.24, 2.45) is 0 Å². The lowest BCUT2D eigenvalue weighted by Gasteiger charge is -2.07. The van der Waals surface area contributed by atoms with Crippen LogP contribution in [0.4, 0.5) is 5.69 Å². The predicted molar refractivity (Wildman–Crippen MR) is 129 cm³/mol. The third kappa shape index (κ3) is 3.91. The van der Waals surface area contributed by atoms with Crippen molar-refractivity contribution in [3.05, 3.63) is 85.7 Å².